The number of rotatable bonds is 4. The lowest BCUT2D eigenvalue weighted by Gasteiger charge is -2.50. The van der Waals surface area contributed by atoms with Crippen molar-refractivity contribution in [1.82, 2.24) is 14.9 Å². The third kappa shape index (κ3) is 3.72. The van der Waals surface area contributed by atoms with E-state index in [-0.39, 0.29) is 0 Å². The van der Waals surface area contributed by atoms with Crippen molar-refractivity contribution in [2.24, 2.45) is 5.92 Å². The fraction of sp³-hybridized carbons (Fsp3) is 0.722. The van der Waals surface area contributed by atoms with Gasteiger partial charge in [0.05, 0.1) is 0 Å². The molecule has 3 aliphatic rings. The van der Waals surface area contributed by atoms with E-state index in [1.54, 1.807) is 6.07 Å². The highest BCUT2D eigenvalue weighted by molar-refractivity contribution is 6.33. The van der Waals surface area contributed by atoms with Crippen LogP contribution >= 0.6 is 23.2 Å². The first-order valence-corrected chi connectivity index (χ1v) is 10.0. The Bertz CT molecular complexity index is 632. The Balaban J connectivity index is 1.49. The van der Waals surface area contributed by atoms with Gasteiger partial charge in [0, 0.05) is 37.7 Å². The quantitative estimate of drug-likeness (QED) is 0.740. The summed E-state index contributed by atoms with van der Waals surface area (Å²) in [6.07, 6.45) is 8.58. The van der Waals surface area contributed by atoms with Gasteiger partial charge in [-0.2, -0.15) is 0 Å². The summed E-state index contributed by atoms with van der Waals surface area (Å²) < 4.78 is 0. The first-order chi connectivity index (χ1) is 12.0. The third-order valence-corrected chi connectivity index (χ3v) is 6.30. The number of halogens is 2. The fourth-order valence-corrected chi connectivity index (χ4v) is 4.86. The highest BCUT2D eigenvalue weighted by Gasteiger charge is 2.43. The summed E-state index contributed by atoms with van der Waals surface area (Å²) in [6.45, 7) is 0. The number of anilines is 1. The number of hydrogen-bond acceptors (Lipinski definition) is 4. The van der Waals surface area contributed by atoms with Gasteiger partial charge < -0.3 is 9.80 Å². The smallest absolute Gasteiger partial charge is 0.228 e. The molecule has 1 aromatic heterocycles. The minimum absolute atomic E-state index is 0.315. The largest absolute Gasteiger partial charge is 0.341 e. The van der Waals surface area contributed by atoms with E-state index in [2.05, 4.69) is 19.8 Å². The van der Waals surface area contributed by atoms with Crippen LogP contribution in [0.2, 0.25) is 10.3 Å². The topological polar surface area (TPSA) is 49.3 Å². The van der Waals surface area contributed by atoms with Gasteiger partial charge in [-0.15, -0.1) is 0 Å². The molecule has 136 valence electrons. The van der Waals surface area contributed by atoms with Crippen molar-refractivity contribution in [1.29, 1.82) is 0 Å². The molecule has 1 aromatic rings. The Morgan fingerprint density at radius 2 is 1.76 bits per heavy atom. The molecular weight excluding hydrogens is 359 g/mol. The van der Waals surface area contributed by atoms with E-state index >= 15 is 0 Å². The van der Waals surface area contributed by atoms with Crippen molar-refractivity contribution in [3.8, 4) is 0 Å². The summed E-state index contributed by atoms with van der Waals surface area (Å²) in [5, 5.41) is 0.721. The van der Waals surface area contributed by atoms with Gasteiger partial charge in [0.2, 0.25) is 11.9 Å². The van der Waals surface area contributed by atoms with Crippen LogP contribution in [0.15, 0.2) is 6.07 Å². The maximum atomic E-state index is 12.8. The van der Waals surface area contributed by atoms with Gasteiger partial charge in [-0.3, -0.25) is 4.79 Å². The lowest BCUT2D eigenvalue weighted by atomic mass is 9.81. The van der Waals surface area contributed by atoms with E-state index in [0.29, 0.717) is 46.2 Å². The van der Waals surface area contributed by atoms with Gasteiger partial charge in [0.1, 0.15) is 10.3 Å². The van der Waals surface area contributed by atoms with Gasteiger partial charge in [-0.1, -0.05) is 23.2 Å². The van der Waals surface area contributed by atoms with E-state index in [1.807, 2.05) is 7.05 Å². The minimum Gasteiger partial charge on any atom is -0.341 e. The summed E-state index contributed by atoms with van der Waals surface area (Å²) in [5.41, 5.74) is 0. The van der Waals surface area contributed by atoms with Crippen LogP contribution in [0.25, 0.3) is 0 Å². The number of nitrogens with zero attached hydrogens (tertiary/aromatic N) is 4. The molecule has 0 radical (unpaired) electrons. The predicted octanol–water partition coefficient (Wildman–Crippen LogP) is 3.93. The molecule has 1 saturated carbocycles. The van der Waals surface area contributed by atoms with Gasteiger partial charge in [-0.25, -0.2) is 9.97 Å². The summed E-state index contributed by atoms with van der Waals surface area (Å²) in [6, 6.07) is 2.56. The average molecular weight is 383 g/mol. The number of carbonyl (C=O) groups excluding carboxylic acids is 1. The van der Waals surface area contributed by atoms with Crippen LogP contribution in [0.5, 0.6) is 0 Å². The van der Waals surface area contributed by atoms with Crippen LogP contribution in [0, 0.1) is 5.92 Å². The molecule has 3 fully saturated rings. The highest BCUT2D eigenvalue weighted by atomic mass is 35.5. The molecule has 2 saturated heterocycles. The van der Waals surface area contributed by atoms with E-state index in [0.717, 1.165) is 32.1 Å². The molecule has 25 heavy (non-hydrogen) atoms. The van der Waals surface area contributed by atoms with Crippen LogP contribution in [-0.2, 0) is 4.79 Å². The van der Waals surface area contributed by atoms with Crippen LogP contribution in [0.4, 0.5) is 5.95 Å². The van der Waals surface area contributed by atoms with E-state index in [9.17, 15) is 4.79 Å². The summed E-state index contributed by atoms with van der Waals surface area (Å²) in [4.78, 5) is 25.7. The Hall–Kier alpha value is -1.07. The number of piperidine rings is 2. The zero-order valence-corrected chi connectivity index (χ0v) is 16.0. The Kier molecular flexibility index (Phi) is 4.80. The summed E-state index contributed by atoms with van der Waals surface area (Å²) >= 11 is 12.1. The van der Waals surface area contributed by atoms with Gasteiger partial charge in [0.15, 0.2) is 0 Å². The molecule has 1 aliphatic carbocycles. The van der Waals surface area contributed by atoms with Gasteiger partial charge in [0.25, 0.3) is 0 Å². The highest BCUT2D eigenvalue weighted by Crippen LogP contribution is 2.39. The molecule has 3 atom stereocenters. The van der Waals surface area contributed by atoms with Crippen molar-refractivity contribution in [3.05, 3.63) is 16.4 Å². The van der Waals surface area contributed by atoms with Crippen LogP contribution in [0.1, 0.15) is 51.4 Å². The predicted molar refractivity (Wildman–Crippen MR) is 99.1 cm³/mol. The van der Waals surface area contributed by atoms with E-state index < -0.39 is 0 Å². The molecule has 2 bridgehead atoms. The van der Waals surface area contributed by atoms with Crippen molar-refractivity contribution in [3.63, 3.8) is 0 Å². The fourth-order valence-electron chi connectivity index (χ4n) is 4.45. The maximum Gasteiger partial charge on any atom is 0.228 e. The van der Waals surface area contributed by atoms with Crippen molar-refractivity contribution in [2.75, 3.05) is 11.9 Å². The molecule has 0 spiro atoms. The number of carbonyl (C=O) groups is 1. The van der Waals surface area contributed by atoms with Crippen LogP contribution in [-0.4, -0.2) is 45.9 Å². The van der Waals surface area contributed by atoms with E-state index in [1.165, 1.54) is 19.3 Å². The second kappa shape index (κ2) is 6.92. The molecular formula is C18H24Cl2N4O. The standard InChI is InChI=1S/C18H24Cl2N4O/c1-23(18-21-15(19)10-16(20)22-18)14-8-12-3-2-4-13(9-14)24(12)17(25)7-11-5-6-11/h10-14H,2-9H2,1H3/t12-,13+,14+. The molecule has 4 rings (SSSR count). The van der Waals surface area contributed by atoms with Gasteiger partial charge >= 0.3 is 0 Å². The Morgan fingerprint density at radius 1 is 1.16 bits per heavy atom. The maximum absolute atomic E-state index is 12.8. The minimum atomic E-state index is 0.315. The van der Waals surface area contributed by atoms with Crippen molar-refractivity contribution in [2.45, 2.75) is 69.5 Å². The molecule has 0 N–H and O–H groups in total. The summed E-state index contributed by atoms with van der Waals surface area (Å²) in [7, 11) is 2.00. The molecule has 5 nitrogen and oxygen atoms in total. The second-order valence-electron chi connectivity index (χ2n) is 7.74. The Labute approximate surface area is 158 Å². The van der Waals surface area contributed by atoms with Crippen molar-refractivity contribution >= 4 is 35.1 Å². The molecule has 0 unspecified atom stereocenters. The summed E-state index contributed by atoms with van der Waals surface area (Å²) in [5.74, 6) is 1.59. The molecule has 7 heteroatoms. The zero-order valence-electron chi connectivity index (χ0n) is 14.5. The number of hydrogen-bond donors (Lipinski definition) is 0. The van der Waals surface area contributed by atoms with E-state index in [4.69, 9.17) is 23.2 Å². The number of aromatic nitrogens is 2. The molecule has 0 aromatic carbocycles. The number of fused-ring (bicyclic) bond motifs is 2. The zero-order chi connectivity index (χ0) is 17.6. The molecule has 1 amide bonds. The Morgan fingerprint density at radius 3 is 2.32 bits per heavy atom. The van der Waals surface area contributed by atoms with Crippen LogP contribution < -0.4 is 4.90 Å². The van der Waals surface area contributed by atoms with Crippen molar-refractivity contribution < 1.29 is 4.79 Å². The normalized spacial score (nSPS) is 28.8. The lowest BCUT2D eigenvalue weighted by Crippen LogP contribution is -2.58. The third-order valence-electron chi connectivity index (χ3n) is 5.91. The first-order valence-electron chi connectivity index (χ1n) is 9.25. The molecule has 2 aliphatic heterocycles. The monoisotopic (exact) mass is 382 g/mol. The molecule has 3 heterocycles. The average Bonchev–Trinajstić information content (AvgIpc) is 3.35. The first kappa shape index (κ1) is 17.3. The number of amides is 1. The SMILES string of the molecule is CN(c1nc(Cl)cc(Cl)n1)[C@H]1C[C@H]2CCC[C@@H](C1)N2C(=O)CC1CC1. The van der Waals surface area contributed by atoms with Crippen LogP contribution in [0.3, 0.4) is 0 Å². The van der Waals surface area contributed by atoms with Gasteiger partial charge in [-0.05, 0) is 50.9 Å². The second-order valence-corrected chi connectivity index (χ2v) is 8.51. The lowest BCUT2D eigenvalue weighted by molar-refractivity contribution is -0.141.